The van der Waals surface area contributed by atoms with Crippen molar-refractivity contribution in [2.45, 2.75) is 32.1 Å². The molecule has 0 spiro atoms. The summed E-state index contributed by atoms with van der Waals surface area (Å²) in [6, 6.07) is 0.886. The molecule has 1 aliphatic heterocycles. The van der Waals surface area contributed by atoms with E-state index in [1.807, 2.05) is 6.92 Å². The summed E-state index contributed by atoms with van der Waals surface area (Å²) in [5.74, 6) is -1.11. The molecule has 1 saturated heterocycles. The number of hydrogen-bond donors (Lipinski definition) is 2. The van der Waals surface area contributed by atoms with Crippen LogP contribution in [0.5, 0.6) is 0 Å². The van der Waals surface area contributed by atoms with E-state index in [-0.39, 0.29) is 24.4 Å². The van der Waals surface area contributed by atoms with Crippen molar-refractivity contribution in [1.29, 1.82) is 0 Å². The van der Waals surface area contributed by atoms with E-state index in [1.165, 1.54) is 12.4 Å². The van der Waals surface area contributed by atoms with E-state index in [4.69, 9.17) is 5.11 Å². The highest BCUT2D eigenvalue weighted by Crippen LogP contribution is 2.32. The topological polar surface area (TPSA) is 96.2 Å². The Balaban J connectivity index is 1.88. The average molecular weight is 356 g/mol. The number of nitrogens with one attached hydrogen (secondary N) is 1. The van der Waals surface area contributed by atoms with Crippen molar-refractivity contribution in [3.63, 3.8) is 0 Å². The fourth-order valence-corrected chi connectivity index (χ4v) is 2.39. The number of aromatic nitrogens is 4. The predicted octanol–water partition coefficient (Wildman–Crippen LogP) is 2.12. The zero-order valence-electron chi connectivity index (χ0n) is 13.2. The number of rotatable bonds is 5. The van der Waals surface area contributed by atoms with Crippen LogP contribution in [-0.4, -0.2) is 43.4 Å². The zero-order chi connectivity index (χ0) is 18.2. The first-order valence-electron chi connectivity index (χ1n) is 7.46. The fraction of sp³-hybridized carbons (Fsp3) is 0.429. The number of anilines is 3. The van der Waals surface area contributed by atoms with E-state index in [0.717, 1.165) is 17.2 Å². The van der Waals surface area contributed by atoms with E-state index < -0.39 is 17.8 Å². The maximum Gasteiger partial charge on any atom is 0.433 e. The maximum absolute atomic E-state index is 13.1. The SMILES string of the molecule is C[C@H]1CCN1c1nc(Nc2cnn(CC(=O)O)c2)cc(C(F)(F)F)n1. The smallest absolute Gasteiger partial charge is 0.433 e. The molecule has 134 valence electrons. The second-order valence-electron chi connectivity index (χ2n) is 5.71. The van der Waals surface area contributed by atoms with Crippen molar-refractivity contribution in [2.24, 2.45) is 0 Å². The molecule has 0 aromatic carbocycles. The van der Waals surface area contributed by atoms with Crippen LogP contribution in [0, 0.1) is 0 Å². The van der Waals surface area contributed by atoms with Gasteiger partial charge in [-0.25, -0.2) is 4.98 Å². The molecule has 0 unspecified atom stereocenters. The van der Waals surface area contributed by atoms with Gasteiger partial charge >= 0.3 is 12.1 Å². The monoisotopic (exact) mass is 356 g/mol. The lowest BCUT2D eigenvalue weighted by molar-refractivity contribution is -0.141. The molecule has 2 N–H and O–H groups in total. The van der Waals surface area contributed by atoms with E-state index in [0.29, 0.717) is 12.2 Å². The summed E-state index contributed by atoms with van der Waals surface area (Å²) in [6.45, 7) is 2.13. The van der Waals surface area contributed by atoms with Gasteiger partial charge in [0.2, 0.25) is 5.95 Å². The summed E-state index contributed by atoms with van der Waals surface area (Å²) >= 11 is 0. The first kappa shape index (κ1) is 17.0. The van der Waals surface area contributed by atoms with Crippen LogP contribution < -0.4 is 10.2 Å². The van der Waals surface area contributed by atoms with E-state index in [9.17, 15) is 18.0 Å². The van der Waals surface area contributed by atoms with Gasteiger partial charge in [0, 0.05) is 24.8 Å². The van der Waals surface area contributed by atoms with Crippen LogP contribution in [0.2, 0.25) is 0 Å². The Kier molecular flexibility index (Phi) is 4.23. The van der Waals surface area contributed by atoms with Gasteiger partial charge in [-0.2, -0.15) is 23.3 Å². The third kappa shape index (κ3) is 3.80. The lowest BCUT2D eigenvalue weighted by Crippen LogP contribution is -2.46. The van der Waals surface area contributed by atoms with Crippen molar-refractivity contribution < 1.29 is 23.1 Å². The normalized spacial score (nSPS) is 17.3. The molecule has 8 nitrogen and oxygen atoms in total. The Bertz CT molecular complexity index is 791. The zero-order valence-corrected chi connectivity index (χ0v) is 13.2. The van der Waals surface area contributed by atoms with Crippen molar-refractivity contribution in [2.75, 3.05) is 16.8 Å². The van der Waals surface area contributed by atoms with E-state index >= 15 is 0 Å². The van der Waals surface area contributed by atoms with E-state index in [1.54, 1.807) is 4.90 Å². The van der Waals surface area contributed by atoms with Gasteiger partial charge in [-0.15, -0.1) is 0 Å². The number of carbonyl (C=O) groups is 1. The standard InChI is InChI=1S/C14H15F3N6O2/c1-8-2-3-23(8)13-20-10(14(15,16)17)4-11(21-13)19-9-5-18-22(6-9)7-12(24)25/h4-6,8H,2-3,7H2,1H3,(H,24,25)(H,19,20,21)/t8-/m0/s1. The molecule has 2 aromatic heterocycles. The second kappa shape index (κ2) is 6.22. The number of carboxylic acid groups (broad SMARTS) is 1. The second-order valence-corrected chi connectivity index (χ2v) is 5.71. The molecule has 3 heterocycles. The molecule has 0 aliphatic carbocycles. The summed E-state index contributed by atoms with van der Waals surface area (Å²) < 4.78 is 40.4. The molecule has 11 heteroatoms. The highest BCUT2D eigenvalue weighted by atomic mass is 19.4. The Morgan fingerprint density at radius 1 is 1.44 bits per heavy atom. The van der Waals surface area contributed by atoms with Crippen LogP contribution in [0.15, 0.2) is 18.5 Å². The Morgan fingerprint density at radius 2 is 2.20 bits per heavy atom. The minimum Gasteiger partial charge on any atom is -0.480 e. The molecular formula is C14H15F3N6O2. The molecule has 1 fully saturated rings. The Hall–Kier alpha value is -2.85. The summed E-state index contributed by atoms with van der Waals surface area (Å²) in [6.07, 6.45) is -1.06. The molecule has 0 bridgehead atoms. The van der Waals surface area contributed by atoms with Crippen LogP contribution in [-0.2, 0) is 17.5 Å². The fourth-order valence-electron chi connectivity index (χ4n) is 2.39. The van der Waals surface area contributed by atoms with Crippen LogP contribution >= 0.6 is 0 Å². The minimum atomic E-state index is -4.60. The molecule has 3 rings (SSSR count). The van der Waals surface area contributed by atoms with Crippen molar-refractivity contribution in [3.05, 3.63) is 24.2 Å². The summed E-state index contributed by atoms with van der Waals surface area (Å²) in [5.41, 5.74) is -0.715. The van der Waals surface area contributed by atoms with Crippen LogP contribution in [0.4, 0.5) is 30.6 Å². The largest absolute Gasteiger partial charge is 0.480 e. The summed E-state index contributed by atoms with van der Waals surface area (Å²) in [5, 5.41) is 15.2. The van der Waals surface area contributed by atoms with Crippen molar-refractivity contribution in [1.82, 2.24) is 19.7 Å². The molecule has 1 aliphatic rings. The first-order chi connectivity index (χ1) is 11.7. The van der Waals surface area contributed by atoms with Crippen LogP contribution in [0.3, 0.4) is 0 Å². The number of carboxylic acids is 1. The molecular weight excluding hydrogens is 341 g/mol. The highest BCUT2D eigenvalue weighted by Gasteiger charge is 2.35. The number of nitrogens with zero attached hydrogens (tertiary/aromatic N) is 5. The van der Waals surface area contributed by atoms with Gasteiger partial charge in [0.1, 0.15) is 12.4 Å². The number of alkyl halides is 3. The lowest BCUT2D eigenvalue weighted by atomic mass is 10.1. The van der Waals surface area contributed by atoms with Gasteiger partial charge < -0.3 is 15.3 Å². The van der Waals surface area contributed by atoms with Gasteiger partial charge in [-0.05, 0) is 13.3 Å². The Morgan fingerprint density at radius 3 is 2.76 bits per heavy atom. The molecule has 0 amide bonds. The molecule has 1 atom stereocenters. The summed E-state index contributed by atoms with van der Waals surface area (Å²) in [7, 11) is 0. The van der Waals surface area contributed by atoms with Gasteiger partial charge in [0.25, 0.3) is 0 Å². The number of aliphatic carboxylic acids is 1. The molecule has 0 saturated carbocycles. The first-order valence-corrected chi connectivity index (χ1v) is 7.46. The van der Waals surface area contributed by atoms with Gasteiger partial charge in [-0.3, -0.25) is 9.48 Å². The van der Waals surface area contributed by atoms with Gasteiger partial charge in [0.05, 0.1) is 11.9 Å². The lowest BCUT2D eigenvalue weighted by Gasteiger charge is -2.38. The van der Waals surface area contributed by atoms with E-state index in [2.05, 4.69) is 20.4 Å². The third-order valence-electron chi connectivity index (χ3n) is 3.78. The van der Waals surface area contributed by atoms with Crippen molar-refractivity contribution >= 4 is 23.4 Å². The number of halogens is 3. The van der Waals surface area contributed by atoms with Gasteiger partial charge in [0.15, 0.2) is 5.69 Å². The summed E-state index contributed by atoms with van der Waals surface area (Å²) in [4.78, 5) is 20.1. The van der Waals surface area contributed by atoms with Crippen LogP contribution in [0.1, 0.15) is 19.0 Å². The maximum atomic E-state index is 13.1. The predicted molar refractivity (Wildman–Crippen MR) is 81.6 cm³/mol. The highest BCUT2D eigenvalue weighted by molar-refractivity contribution is 5.66. The molecule has 25 heavy (non-hydrogen) atoms. The third-order valence-corrected chi connectivity index (χ3v) is 3.78. The average Bonchev–Trinajstić information content (AvgIpc) is 2.90. The van der Waals surface area contributed by atoms with Gasteiger partial charge in [-0.1, -0.05) is 0 Å². The van der Waals surface area contributed by atoms with Crippen LogP contribution in [0.25, 0.3) is 0 Å². The minimum absolute atomic E-state index is 0.00834. The number of hydrogen-bond acceptors (Lipinski definition) is 6. The quantitative estimate of drug-likeness (QED) is 0.847. The Labute approximate surface area is 140 Å². The molecule has 2 aromatic rings. The molecule has 0 radical (unpaired) electrons. The van der Waals surface area contributed by atoms with Crippen molar-refractivity contribution in [3.8, 4) is 0 Å².